The molecule has 1 unspecified atom stereocenters. The Morgan fingerprint density at radius 3 is 2.77 bits per heavy atom. The summed E-state index contributed by atoms with van der Waals surface area (Å²) in [7, 11) is 3.50. The van der Waals surface area contributed by atoms with Crippen molar-refractivity contribution in [1.82, 2.24) is 24.1 Å². The number of benzene rings is 1. The lowest BCUT2D eigenvalue weighted by atomic mass is 10.2. The van der Waals surface area contributed by atoms with Gasteiger partial charge in [0.25, 0.3) is 0 Å². The van der Waals surface area contributed by atoms with E-state index >= 15 is 0 Å². The highest BCUT2D eigenvalue weighted by Crippen LogP contribution is 2.29. The number of aliphatic hydroxyl groups is 1. The van der Waals surface area contributed by atoms with Gasteiger partial charge in [0.2, 0.25) is 5.88 Å². The fourth-order valence-corrected chi connectivity index (χ4v) is 3.17. The molecule has 0 bridgehead atoms. The summed E-state index contributed by atoms with van der Waals surface area (Å²) in [5.41, 5.74) is 3.51. The number of fused-ring (bicyclic) bond motifs is 1. The normalized spacial score (nSPS) is 12.5. The van der Waals surface area contributed by atoms with Crippen LogP contribution in [0.5, 0.6) is 5.88 Å². The number of aromatic nitrogens is 5. The minimum Gasteiger partial charge on any atom is -0.480 e. The molecule has 1 N–H and O–H groups in total. The van der Waals surface area contributed by atoms with Gasteiger partial charge in [0.1, 0.15) is 17.8 Å². The summed E-state index contributed by atoms with van der Waals surface area (Å²) in [6, 6.07) is 9.76. The molecule has 0 fully saturated rings. The lowest BCUT2D eigenvalue weighted by molar-refractivity contribution is 0.186. The summed E-state index contributed by atoms with van der Waals surface area (Å²) in [6.45, 7) is 1.71. The smallest absolute Gasteiger partial charge is 0.224 e. The van der Waals surface area contributed by atoms with E-state index in [2.05, 4.69) is 15.0 Å². The Hall–Kier alpha value is -3.19. The molecule has 1 aromatic carbocycles. The summed E-state index contributed by atoms with van der Waals surface area (Å²) in [5.74, 6) is 1.90. The van der Waals surface area contributed by atoms with Gasteiger partial charge in [-0.15, -0.1) is 0 Å². The number of imidazole rings is 2. The van der Waals surface area contributed by atoms with E-state index in [1.165, 1.54) is 0 Å². The zero-order valence-corrected chi connectivity index (χ0v) is 14.8. The number of ether oxygens (including phenoxy) is 1. The van der Waals surface area contributed by atoms with E-state index in [0.29, 0.717) is 11.7 Å². The van der Waals surface area contributed by atoms with E-state index in [0.717, 1.165) is 28.1 Å². The van der Waals surface area contributed by atoms with Crippen LogP contribution >= 0.6 is 0 Å². The Bertz CT molecular complexity index is 1080. The van der Waals surface area contributed by atoms with Crippen LogP contribution in [0.1, 0.15) is 18.9 Å². The summed E-state index contributed by atoms with van der Waals surface area (Å²) in [5, 5.41) is 9.89. The first-order valence-corrected chi connectivity index (χ1v) is 8.27. The highest BCUT2D eigenvalue weighted by atomic mass is 16.5. The molecule has 0 amide bonds. The van der Waals surface area contributed by atoms with E-state index in [4.69, 9.17) is 4.74 Å². The van der Waals surface area contributed by atoms with Gasteiger partial charge in [0.05, 0.1) is 23.7 Å². The second-order valence-electron chi connectivity index (χ2n) is 6.06. The summed E-state index contributed by atoms with van der Waals surface area (Å²) in [4.78, 5) is 13.3. The fourth-order valence-electron chi connectivity index (χ4n) is 3.17. The average Bonchev–Trinajstić information content (AvgIpc) is 3.26. The van der Waals surface area contributed by atoms with Crippen LogP contribution < -0.4 is 4.74 Å². The van der Waals surface area contributed by atoms with E-state index in [1.807, 2.05) is 52.7 Å². The van der Waals surface area contributed by atoms with Crippen LogP contribution in [0, 0.1) is 0 Å². The van der Waals surface area contributed by atoms with Crippen molar-refractivity contribution in [1.29, 1.82) is 0 Å². The van der Waals surface area contributed by atoms with Crippen molar-refractivity contribution >= 4 is 11.0 Å². The van der Waals surface area contributed by atoms with Crippen LogP contribution in [0.3, 0.4) is 0 Å². The quantitative estimate of drug-likeness (QED) is 0.613. The Morgan fingerprint density at radius 2 is 2.00 bits per heavy atom. The number of aliphatic hydroxyl groups excluding tert-OH is 1. The maximum absolute atomic E-state index is 9.89. The van der Waals surface area contributed by atoms with Gasteiger partial charge in [-0.25, -0.2) is 15.0 Å². The maximum Gasteiger partial charge on any atom is 0.224 e. The predicted octanol–water partition coefficient (Wildman–Crippen LogP) is 2.88. The minimum atomic E-state index is -0.626. The first kappa shape index (κ1) is 16.3. The van der Waals surface area contributed by atoms with Gasteiger partial charge in [-0.2, -0.15) is 0 Å². The molecule has 3 heterocycles. The maximum atomic E-state index is 9.89. The van der Waals surface area contributed by atoms with E-state index in [1.54, 1.807) is 26.4 Å². The Morgan fingerprint density at radius 1 is 1.15 bits per heavy atom. The van der Waals surface area contributed by atoms with Gasteiger partial charge in [0.15, 0.2) is 0 Å². The second-order valence-corrected chi connectivity index (χ2v) is 6.06. The second kappa shape index (κ2) is 6.27. The molecule has 132 valence electrons. The third-order valence-corrected chi connectivity index (χ3v) is 4.40. The first-order chi connectivity index (χ1) is 12.6. The lowest BCUT2D eigenvalue weighted by Crippen LogP contribution is -2.01. The van der Waals surface area contributed by atoms with Crippen molar-refractivity contribution in [3.8, 4) is 23.0 Å². The fraction of sp³-hybridized carbons (Fsp3) is 0.211. The zero-order chi connectivity index (χ0) is 18.3. The van der Waals surface area contributed by atoms with Crippen LogP contribution in [0.2, 0.25) is 0 Å². The van der Waals surface area contributed by atoms with Crippen LogP contribution in [-0.4, -0.2) is 36.3 Å². The summed E-state index contributed by atoms with van der Waals surface area (Å²) < 4.78 is 9.24. The standard InChI is InChI=1S/C19H19N5O2/c1-12(25)17-22-15-11-13(6-7-16(15)23(17)2)24-10-9-20-18(24)14-5-4-8-21-19(14)26-3/h4-12,25H,1-3H3. The van der Waals surface area contributed by atoms with E-state index in [-0.39, 0.29) is 0 Å². The molecule has 4 rings (SSSR count). The third kappa shape index (κ3) is 2.53. The van der Waals surface area contributed by atoms with E-state index in [9.17, 15) is 5.11 Å². The molecule has 7 heteroatoms. The van der Waals surface area contributed by atoms with Gasteiger partial charge in [-0.1, -0.05) is 0 Å². The molecule has 0 radical (unpaired) electrons. The number of rotatable bonds is 4. The molecule has 0 aliphatic carbocycles. The van der Waals surface area contributed by atoms with Crippen molar-refractivity contribution in [3.63, 3.8) is 0 Å². The third-order valence-electron chi connectivity index (χ3n) is 4.40. The summed E-state index contributed by atoms with van der Waals surface area (Å²) >= 11 is 0. The van der Waals surface area contributed by atoms with Crippen molar-refractivity contribution in [3.05, 3.63) is 54.7 Å². The first-order valence-electron chi connectivity index (χ1n) is 8.27. The van der Waals surface area contributed by atoms with Gasteiger partial charge in [-0.3, -0.25) is 4.57 Å². The Balaban J connectivity index is 1.86. The highest BCUT2D eigenvalue weighted by molar-refractivity contribution is 5.79. The number of nitrogens with zero attached hydrogens (tertiary/aromatic N) is 5. The molecule has 3 aromatic heterocycles. The number of aryl methyl sites for hydroxylation is 1. The molecule has 0 spiro atoms. The molecule has 0 aliphatic heterocycles. The van der Waals surface area contributed by atoms with Crippen molar-refractivity contribution < 1.29 is 9.84 Å². The molecule has 7 nitrogen and oxygen atoms in total. The monoisotopic (exact) mass is 349 g/mol. The molecule has 4 aromatic rings. The highest BCUT2D eigenvalue weighted by Gasteiger charge is 2.16. The number of hydrogen-bond acceptors (Lipinski definition) is 5. The van der Waals surface area contributed by atoms with Crippen molar-refractivity contribution in [2.24, 2.45) is 7.05 Å². The molecule has 0 saturated carbocycles. The Labute approximate surface area is 150 Å². The number of methoxy groups -OCH3 is 1. The Kier molecular flexibility index (Phi) is 3.93. The average molecular weight is 349 g/mol. The van der Waals surface area contributed by atoms with Crippen LogP contribution in [0.4, 0.5) is 0 Å². The van der Waals surface area contributed by atoms with Crippen molar-refractivity contribution in [2.75, 3.05) is 7.11 Å². The largest absolute Gasteiger partial charge is 0.480 e. The lowest BCUT2D eigenvalue weighted by Gasteiger charge is -2.10. The SMILES string of the molecule is COc1ncccc1-c1nccn1-c1ccc2c(c1)nc(C(C)O)n2C. The van der Waals surface area contributed by atoms with Gasteiger partial charge < -0.3 is 14.4 Å². The molecule has 0 saturated heterocycles. The van der Waals surface area contributed by atoms with Crippen LogP contribution in [0.15, 0.2) is 48.9 Å². The molecule has 1 atom stereocenters. The van der Waals surface area contributed by atoms with Crippen LogP contribution in [-0.2, 0) is 7.05 Å². The zero-order valence-electron chi connectivity index (χ0n) is 14.8. The predicted molar refractivity (Wildman–Crippen MR) is 98.3 cm³/mol. The number of hydrogen-bond donors (Lipinski definition) is 1. The van der Waals surface area contributed by atoms with Gasteiger partial charge in [0, 0.05) is 31.3 Å². The minimum absolute atomic E-state index is 0.523. The van der Waals surface area contributed by atoms with Crippen molar-refractivity contribution in [2.45, 2.75) is 13.0 Å². The molecule has 26 heavy (non-hydrogen) atoms. The van der Waals surface area contributed by atoms with Gasteiger partial charge in [-0.05, 0) is 37.3 Å². The molecule has 0 aliphatic rings. The number of pyridine rings is 1. The summed E-state index contributed by atoms with van der Waals surface area (Å²) in [6.07, 6.45) is 4.69. The topological polar surface area (TPSA) is 78.0 Å². The molecular formula is C19H19N5O2. The van der Waals surface area contributed by atoms with Gasteiger partial charge >= 0.3 is 0 Å². The van der Waals surface area contributed by atoms with Crippen LogP contribution in [0.25, 0.3) is 28.1 Å². The molecular weight excluding hydrogens is 330 g/mol. The van der Waals surface area contributed by atoms with E-state index < -0.39 is 6.10 Å².